The van der Waals surface area contributed by atoms with Crippen LogP contribution in [-0.4, -0.2) is 26.2 Å². The van der Waals surface area contributed by atoms with Gasteiger partial charge in [0, 0.05) is 6.54 Å². The molecule has 6 heteroatoms. The van der Waals surface area contributed by atoms with Gasteiger partial charge in [-0.25, -0.2) is 0 Å². The van der Waals surface area contributed by atoms with Crippen molar-refractivity contribution >= 4 is 17.5 Å². The van der Waals surface area contributed by atoms with Gasteiger partial charge in [0.1, 0.15) is 0 Å². The van der Waals surface area contributed by atoms with Crippen molar-refractivity contribution in [1.82, 2.24) is 5.32 Å². The topological polar surface area (TPSA) is 73.6 Å². The molecule has 0 unspecified atom stereocenters. The standard InChI is InChI=1S/C21H27ClN2O3/c1-13-7-14(2)17(15(3)8-13)5-6-24-11-16-9-18(22)21(19(10-16)26-4)27-12-20(23)25/h7-10,24H,5-6,11-12H2,1-4H3,(H2,23,25). The summed E-state index contributed by atoms with van der Waals surface area (Å²) in [5, 5.41) is 3.83. The van der Waals surface area contributed by atoms with Crippen LogP contribution in [0, 0.1) is 20.8 Å². The summed E-state index contributed by atoms with van der Waals surface area (Å²) in [5.74, 6) is 0.235. The van der Waals surface area contributed by atoms with Crippen LogP contribution < -0.4 is 20.5 Å². The van der Waals surface area contributed by atoms with Crippen molar-refractivity contribution in [3.63, 3.8) is 0 Å². The molecular formula is C21H27ClN2O3. The number of nitrogens with one attached hydrogen (secondary N) is 1. The number of ether oxygens (including phenoxy) is 2. The van der Waals surface area contributed by atoms with E-state index in [0.29, 0.717) is 23.1 Å². The second-order valence-corrected chi connectivity index (χ2v) is 7.08. The minimum absolute atomic E-state index is 0.247. The minimum Gasteiger partial charge on any atom is -0.493 e. The van der Waals surface area contributed by atoms with Crippen LogP contribution in [0.25, 0.3) is 0 Å². The monoisotopic (exact) mass is 390 g/mol. The molecule has 0 saturated carbocycles. The molecule has 0 aliphatic carbocycles. The van der Waals surface area contributed by atoms with Crippen LogP contribution in [0.4, 0.5) is 0 Å². The van der Waals surface area contributed by atoms with Crippen LogP contribution >= 0.6 is 11.6 Å². The van der Waals surface area contributed by atoms with Crippen LogP contribution in [0.2, 0.25) is 5.02 Å². The smallest absolute Gasteiger partial charge is 0.255 e. The lowest BCUT2D eigenvalue weighted by atomic mass is 9.97. The Bertz CT molecular complexity index is 798. The molecule has 2 rings (SSSR count). The fourth-order valence-electron chi connectivity index (χ4n) is 3.21. The van der Waals surface area contributed by atoms with Crippen LogP contribution in [0.3, 0.4) is 0 Å². The first-order valence-electron chi connectivity index (χ1n) is 8.86. The summed E-state index contributed by atoms with van der Waals surface area (Å²) in [6.07, 6.45) is 0.961. The first kappa shape index (κ1) is 21.1. The van der Waals surface area contributed by atoms with Gasteiger partial charge in [-0.1, -0.05) is 29.3 Å². The lowest BCUT2D eigenvalue weighted by Crippen LogP contribution is -2.20. The van der Waals surface area contributed by atoms with E-state index in [1.54, 1.807) is 6.07 Å². The minimum atomic E-state index is -0.569. The van der Waals surface area contributed by atoms with E-state index in [-0.39, 0.29) is 6.61 Å². The number of halogens is 1. The Balaban J connectivity index is 1.98. The van der Waals surface area contributed by atoms with Crippen LogP contribution in [0.1, 0.15) is 27.8 Å². The average molecular weight is 391 g/mol. The van der Waals surface area contributed by atoms with Crippen molar-refractivity contribution < 1.29 is 14.3 Å². The van der Waals surface area contributed by atoms with Crippen molar-refractivity contribution in [1.29, 1.82) is 0 Å². The zero-order valence-electron chi connectivity index (χ0n) is 16.3. The molecule has 5 nitrogen and oxygen atoms in total. The summed E-state index contributed by atoms with van der Waals surface area (Å²) < 4.78 is 10.7. The summed E-state index contributed by atoms with van der Waals surface area (Å²) in [6, 6.07) is 8.09. The van der Waals surface area contributed by atoms with Gasteiger partial charge in [0.05, 0.1) is 12.1 Å². The van der Waals surface area contributed by atoms with E-state index in [1.807, 2.05) is 6.07 Å². The number of carbonyl (C=O) groups excluding carboxylic acids is 1. The summed E-state index contributed by atoms with van der Waals surface area (Å²) in [7, 11) is 1.53. The molecule has 3 N–H and O–H groups in total. The van der Waals surface area contributed by atoms with E-state index in [0.717, 1.165) is 18.5 Å². The molecule has 0 aliphatic heterocycles. The predicted octanol–water partition coefficient (Wildman–Crippen LogP) is 3.47. The molecule has 0 saturated heterocycles. The molecule has 0 atom stereocenters. The second-order valence-electron chi connectivity index (χ2n) is 6.67. The molecule has 0 bridgehead atoms. The highest BCUT2D eigenvalue weighted by Crippen LogP contribution is 2.36. The number of benzene rings is 2. The molecule has 0 fully saturated rings. The van der Waals surface area contributed by atoms with E-state index in [1.165, 1.54) is 29.4 Å². The number of methoxy groups -OCH3 is 1. The Morgan fingerprint density at radius 1 is 1.15 bits per heavy atom. The summed E-state index contributed by atoms with van der Waals surface area (Å²) >= 11 is 6.28. The van der Waals surface area contributed by atoms with Crippen LogP contribution in [-0.2, 0) is 17.8 Å². The van der Waals surface area contributed by atoms with Crippen LogP contribution in [0.5, 0.6) is 11.5 Å². The average Bonchev–Trinajstić information content (AvgIpc) is 2.58. The third-order valence-corrected chi connectivity index (χ3v) is 4.65. The Labute approximate surface area is 165 Å². The molecule has 146 valence electrons. The van der Waals surface area contributed by atoms with Gasteiger partial charge in [-0.15, -0.1) is 0 Å². The number of carbonyl (C=O) groups is 1. The molecule has 0 radical (unpaired) electrons. The summed E-state index contributed by atoms with van der Waals surface area (Å²) in [6.45, 7) is 7.69. The Morgan fingerprint density at radius 3 is 2.41 bits per heavy atom. The maximum Gasteiger partial charge on any atom is 0.255 e. The van der Waals surface area contributed by atoms with Crippen molar-refractivity contribution in [3.8, 4) is 11.5 Å². The largest absolute Gasteiger partial charge is 0.493 e. The number of amides is 1. The maximum absolute atomic E-state index is 10.9. The number of rotatable bonds is 9. The van der Waals surface area contributed by atoms with Gasteiger partial charge in [0.2, 0.25) is 0 Å². The van der Waals surface area contributed by atoms with Crippen molar-refractivity contribution in [2.24, 2.45) is 5.73 Å². The van der Waals surface area contributed by atoms with E-state index in [4.69, 9.17) is 26.8 Å². The number of hydrogen-bond donors (Lipinski definition) is 2. The molecule has 2 aromatic carbocycles. The van der Waals surface area contributed by atoms with Crippen molar-refractivity contribution in [3.05, 3.63) is 57.1 Å². The Kier molecular flexibility index (Phi) is 7.51. The molecule has 1 amide bonds. The van der Waals surface area contributed by atoms with Gasteiger partial charge in [0.15, 0.2) is 18.1 Å². The predicted molar refractivity (Wildman–Crippen MR) is 109 cm³/mol. The SMILES string of the molecule is COc1cc(CNCCc2c(C)cc(C)cc2C)cc(Cl)c1OCC(N)=O. The molecule has 0 aliphatic rings. The molecule has 0 spiro atoms. The zero-order chi connectivity index (χ0) is 20.0. The van der Waals surface area contributed by atoms with Crippen molar-refractivity contribution in [2.45, 2.75) is 33.7 Å². The molecule has 27 heavy (non-hydrogen) atoms. The highest BCUT2D eigenvalue weighted by atomic mass is 35.5. The number of hydrogen-bond acceptors (Lipinski definition) is 4. The fourth-order valence-corrected chi connectivity index (χ4v) is 3.50. The highest BCUT2D eigenvalue weighted by molar-refractivity contribution is 6.32. The van der Waals surface area contributed by atoms with Gasteiger partial charge in [-0.3, -0.25) is 4.79 Å². The molecule has 2 aromatic rings. The summed E-state index contributed by atoms with van der Waals surface area (Å²) in [4.78, 5) is 10.9. The molecular weight excluding hydrogens is 364 g/mol. The Hall–Kier alpha value is -2.24. The van der Waals surface area contributed by atoms with Gasteiger partial charge < -0.3 is 20.5 Å². The number of aryl methyl sites for hydroxylation is 3. The molecule has 0 heterocycles. The number of nitrogens with two attached hydrogens (primary N) is 1. The normalized spacial score (nSPS) is 10.7. The first-order chi connectivity index (χ1) is 12.8. The van der Waals surface area contributed by atoms with E-state index in [2.05, 4.69) is 38.2 Å². The third-order valence-electron chi connectivity index (χ3n) is 4.37. The quantitative estimate of drug-likeness (QED) is 0.643. The lowest BCUT2D eigenvalue weighted by molar-refractivity contribution is -0.119. The van der Waals surface area contributed by atoms with Gasteiger partial charge >= 0.3 is 0 Å². The fraction of sp³-hybridized carbons (Fsp3) is 0.381. The van der Waals surface area contributed by atoms with Gasteiger partial charge in [0.25, 0.3) is 5.91 Å². The van der Waals surface area contributed by atoms with Crippen LogP contribution in [0.15, 0.2) is 24.3 Å². The highest BCUT2D eigenvalue weighted by Gasteiger charge is 2.13. The second kappa shape index (κ2) is 9.62. The summed E-state index contributed by atoms with van der Waals surface area (Å²) in [5.41, 5.74) is 11.4. The lowest BCUT2D eigenvalue weighted by Gasteiger charge is -2.14. The van der Waals surface area contributed by atoms with Gasteiger partial charge in [-0.05, 0) is 68.1 Å². The van der Waals surface area contributed by atoms with Crippen molar-refractivity contribution in [2.75, 3.05) is 20.3 Å². The van der Waals surface area contributed by atoms with E-state index in [9.17, 15) is 4.79 Å². The van der Waals surface area contributed by atoms with Gasteiger partial charge in [-0.2, -0.15) is 0 Å². The Morgan fingerprint density at radius 2 is 1.81 bits per heavy atom. The molecule has 0 aromatic heterocycles. The number of primary amides is 1. The van der Waals surface area contributed by atoms with E-state index < -0.39 is 5.91 Å². The first-order valence-corrected chi connectivity index (χ1v) is 9.24. The van der Waals surface area contributed by atoms with E-state index >= 15 is 0 Å². The zero-order valence-corrected chi connectivity index (χ0v) is 17.1. The maximum atomic E-state index is 10.9. The third kappa shape index (κ3) is 5.88.